The molecule has 2 N–H and O–H groups in total. The summed E-state index contributed by atoms with van der Waals surface area (Å²) in [7, 11) is 0. The van der Waals surface area contributed by atoms with Crippen molar-refractivity contribution in [2.75, 3.05) is 0 Å². The van der Waals surface area contributed by atoms with Gasteiger partial charge in [-0.2, -0.15) is 0 Å². The summed E-state index contributed by atoms with van der Waals surface area (Å²) in [5.74, 6) is -0.376. The molecule has 0 aliphatic heterocycles. The number of aryl methyl sites for hydroxylation is 1. The molecule has 1 rings (SSSR count). The van der Waals surface area contributed by atoms with Crippen LogP contribution in [0, 0.1) is 6.92 Å². The second-order valence-electron chi connectivity index (χ2n) is 5.21. The fourth-order valence-electron chi connectivity index (χ4n) is 1.44. The minimum Gasteiger partial charge on any atom is -0.459 e. The highest BCUT2D eigenvalue weighted by atomic mass is 16.6. The van der Waals surface area contributed by atoms with E-state index in [1.807, 2.05) is 33.8 Å². The molecule has 0 saturated heterocycles. The summed E-state index contributed by atoms with van der Waals surface area (Å²) in [4.78, 5) is 15.7. The fourth-order valence-corrected chi connectivity index (χ4v) is 1.44. The Morgan fingerprint density at radius 1 is 1.47 bits per heavy atom. The van der Waals surface area contributed by atoms with Gasteiger partial charge in [0.15, 0.2) is 0 Å². The van der Waals surface area contributed by atoms with Crippen LogP contribution in [0.1, 0.15) is 31.9 Å². The predicted octanol–water partition coefficient (Wildman–Crippen LogP) is 1.60. The lowest BCUT2D eigenvalue weighted by molar-refractivity contribution is -0.156. The number of carbonyl (C=O) groups is 1. The first-order valence-electron chi connectivity index (χ1n) is 5.67. The second kappa shape index (κ2) is 5.27. The molecule has 0 spiro atoms. The van der Waals surface area contributed by atoms with Crippen LogP contribution in [-0.2, 0) is 16.0 Å². The largest absolute Gasteiger partial charge is 0.459 e. The van der Waals surface area contributed by atoms with Gasteiger partial charge in [-0.1, -0.05) is 6.07 Å². The van der Waals surface area contributed by atoms with Gasteiger partial charge in [0.2, 0.25) is 0 Å². The van der Waals surface area contributed by atoms with Crippen LogP contribution in [0.3, 0.4) is 0 Å². The molecule has 1 unspecified atom stereocenters. The number of nitrogens with two attached hydrogens (primary N) is 1. The van der Waals surface area contributed by atoms with E-state index in [0.29, 0.717) is 6.42 Å². The van der Waals surface area contributed by atoms with Gasteiger partial charge in [-0.05, 0) is 45.2 Å². The molecule has 0 aliphatic rings. The van der Waals surface area contributed by atoms with Gasteiger partial charge in [0, 0.05) is 12.4 Å². The quantitative estimate of drug-likeness (QED) is 0.810. The van der Waals surface area contributed by atoms with E-state index in [9.17, 15) is 4.79 Å². The minimum absolute atomic E-state index is 0.376. The Hall–Kier alpha value is -1.42. The number of esters is 1. The Balaban J connectivity index is 2.60. The Morgan fingerprint density at radius 3 is 2.65 bits per heavy atom. The molecule has 1 heterocycles. The van der Waals surface area contributed by atoms with E-state index < -0.39 is 11.6 Å². The molecule has 1 aromatic heterocycles. The van der Waals surface area contributed by atoms with Crippen LogP contribution in [-0.4, -0.2) is 22.6 Å². The normalized spacial score (nSPS) is 13.2. The minimum atomic E-state index is -0.641. The summed E-state index contributed by atoms with van der Waals surface area (Å²) in [6.45, 7) is 7.43. The smallest absolute Gasteiger partial charge is 0.323 e. The van der Waals surface area contributed by atoms with Gasteiger partial charge in [-0.3, -0.25) is 9.78 Å². The van der Waals surface area contributed by atoms with Crippen molar-refractivity contribution >= 4 is 5.97 Å². The average Bonchev–Trinajstić information content (AvgIpc) is 2.14. The van der Waals surface area contributed by atoms with Crippen molar-refractivity contribution in [3.05, 3.63) is 29.6 Å². The number of carbonyl (C=O) groups excluding carboxylic acids is 1. The van der Waals surface area contributed by atoms with Crippen LogP contribution in [0.15, 0.2) is 18.5 Å². The molecule has 0 fully saturated rings. The number of rotatable bonds is 3. The van der Waals surface area contributed by atoms with Gasteiger partial charge in [-0.15, -0.1) is 0 Å². The highest BCUT2D eigenvalue weighted by Gasteiger charge is 2.22. The lowest BCUT2D eigenvalue weighted by Crippen LogP contribution is -2.38. The fraction of sp³-hybridized carbons (Fsp3) is 0.538. The van der Waals surface area contributed by atoms with Gasteiger partial charge in [0.1, 0.15) is 11.6 Å². The number of aromatic nitrogens is 1. The van der Waals surface area contributed by atoms with Crippen LogP contribution in [0.5, 0.6) is 0 Å². The van der Waals surface area contributed by atoms with E-state index in [0.717, 1.165) is 11.1 Å². The Labute approximate surface area is 102 Å². The lowest BCUT2D eigenvalue weighted by atomic mass is 10.1. The third-order valence-electron chi connectivity index (χ3n) is 2.10. The predicted molar refractivity (Wildman–Crippen MR) is 66.5 cm³/mol. The lowest BCUT2D eigenvalue weighted by Gasteiger charge is -2.22. The summed E-state index contributed by atoms with van der Waals surface area (Å²) in [6.07, 6.45) is 3.93. The van der Waals surface area contributed by atoms with Gasteiger partial charge >= 0.3 is 5.97 Å². The monoisotopic (exact) mass is 236 g/mol. The highest BCUT2D eigenvalue weighted by Crippen LogP contribution is 2.10. The molecule has 4 heteroatoms. The van der Waals surface area contributed by atoms with E-state index in [4.69, 9.17) is 10.5 Å². The first-order chi connectivity index (χ1) is 7.78. The molecule has 4 nitrogen and oxygen atoms in total. The maximum atomic E-state index is 11.7. The van der Waals surface area contributed by atoms with Crippen molar-refractivity contribution in [1.29, 1.82) is 0 Å². The van der Waals surface area contributed by atoms with Crippen molar-refractivity contribution in [2.24, 2.45) is 5.73 Å². The van der Waals surface area contributed by atoms with Crippen LogP contribution in [0.4, 0.5) is 0 Å². The van der Waals surface area contributed by atoms with Crippen LogP contribution in [0.2, 0.25) is 0 Å². The first kappa shape index (κ1) is 13.6. The molecule has 0 saturated carbocycles. The first-order valence-corrected chi connectivity index (χ1v) is 5.67. The molecular weight excluding hydrogens is 216 g/mol. The number of hydrogen-bond acceptors (Lipinski definition) is 4. The number of pyridine rings is 1. The molecular formula is C13H20N2O2. The van der Waals surface area contributed by atoms with Crippen LogP contribution in [0.25, 0.3) is 0 Å². The Kier molecular flexibility index (Phi) is 4.23. The number of ether oxygens (including phenoxy) is 1. The maximum absolute atomic E-state index is 11.7. The zero-order chi connectivity index (χ0) is 13.1. The molecule has 0 aromatic carbocycles. The summed E-state index contributed by atoms with van der Waals surface area (Å²) in [5, 5.41) is 0. The topological polar surface area (TPSA) is 65.2 Å². The third-order valence-corrected chi connectivity index (χ3v) is 2.10. The van der Waals surface area contributed by atoms with E-state index in [1.165, 1.54) is 0 Å². The molecule has 0 bridgehead atoms. The maximum Gasteiger partial charge on any atom is 0.323 e. The standard InChI is InChI=1S/C13H20N2O2/c1-9-5-10(8-15-7-9)6-11(14)12(16)17-13(2,3)4/h5,7-8,11H,6,14H2,1-4H3. The van der Waals surface area contributed by atoms with E-state index in [1.54, 1.807) is 12.4 Å². The molecule has 0 amide bonds. The number of nitrogens with zero attached hydrogens (tertiary/aromatic N) is 1. The van der Waals surface area contributed by atoms with E-state index in [-0.39, 0.29) is 5.97 Å². The summed E-state index contributed by atoms with van der Waals surface area (Å²) in [5.41, 5.74) is 7.31. The molecule has 1 atom stereocenters. The molecule has 1 aromatic rings. The molecule has 94 valence electrons. The highest BCUT2D eigenvalue weighted by molar-refractivity contribution is 5.76. The number of hydrogen-bond donors (Lipinski definition) is 1. The summed E-state index contributed by atoms with van der Waals surface area (Å²) >= 11 is 0. The third kappa shape index (κ3) is 4.95. The van der Waals surface area contributed by atoms with Crippen molar-refractivity contribution in [3.63, 3.8) is 0 Å². The van der Waals surface area contributed by atoms with E-state index in [2.05, 4.69) is 4.98 Å². The second-order valence-corrected chi connectivity index (χ2v) is 5.21. The Morgan fingerprint density at radius 2 is 2.12 bits per heavy atom. The Bertz CT molecular complexity index is 397. The van der Waals surface area contributed by atoms with Crippen molar-refractivity contribution < 1.29 is 9.53 Å². The summed E-state index contributed by atoms with van der Waals surface area (Å²) in [6, 6.07) is 1.33. The molecule has 17 heavy (non-hydrogen) atoms. The van der Waals surface area contributed by atoms with Gasteiger partial charge in [0.05, 0.1) is 0 Å². The van der Waals surface area contributed by atoms with Crippen molar-refractivity contribution in [1.82, 2.24) is 4.98 Å². The van der Waals surface area contributed by atoms with Crippen molar-refractivity contribution in [3.8, 4) is 0 Å². The zero-order valence-corrected chi connectivity index (χ0v) is 10.9. The SMILES string of the molecule is Cc1cncc(CC(N)C(=O)OC(C)(C)C)c1. The molecule has 0 radical (unpaired) electrons. The van der Waals surface area contributed by atoms with Gasteiger partial charge < -0.3 is 10.5 Å². The van der Waals surface area contributed by atoms with Gasteiger partial charge in [-0.25, -0.2) is 0 Å². The van der Waals surface area contributed by atoms with Crippen LogP contribution < -0.4 is 5.73 Å². The van der Waals surface area contributed by atoms with E-state index >= 15 is 0 Å². The molecule has 0 aliphatic carbocycles. The zero-order valence-electron chi connectivity index (χ0n) is 10.9. The van der Waals surface area contributed by atoms with Crippen molar-refractivity contribution in [2.45, 2.75) is 45.8 Å². The van der Waals surface area contributed by atoms with Gasteiger partial charge in [0.25, 0.3) is 0 Å². The average molecular weight is 236 g/mol. The van der Waals surface area contributed by atoms with Crippen LogP contribution >= 0.6 is 0 Å². The summed E-state index contributed by atoms with van der Waals surface area (Å²) < 4.78 is 5.22.